The number of halogens is 1. The molecule has 0 amide bonds. The molecule has 0 saturated carbocycles. The number of piperidine rings is 1. The lowest BCUT2D eigenvalue weighted by Gasteiger charge is -2.35. The maximum absolute atomic E-state index is 13.5. The zero-order valence-corrected chi connectivity index (χ0v) is 20.0. The number of nitrogens with zero attached hydrogens (tertiary/aromatic N) is 5. The highest BCUT2D eigenvalue weighted by Gasteiger charge is 2.24. The van der Waals surface area contributed by atoms with Gasteiger partial charge in [-0.15, -0.1) is 0 Å². The summed E-state index contributed by atoms with van der Waals surface area (Å²) in [6.07, 6.45) is 5.83. The van der Waals surface area contributed by atoms with Crippen LogP contribution in [0.5, 0.6) is 0 Å². The lowest BCUT2D eigenvalue weighted by Crippen LogP contribution is -2.53. The van der Waals surface area contributed by atoms with Crippen LogP contribution in [0.3, 0.4) is 0 Å². The van der Waals surface area contributed by atoms with Crippen LogP contribution in [0.1, 0.15) is 32.4 Å². The van der Waals surface area contributed by atoms with Gasteiger partial charge < -0.3 is 15.5 Å². The van der Waals surface area contributed by atoms with E-state index in [4.69, 9.17) is 10.1 Å². The number of nitrogens with one attached hydrogen (secondary N) is 2. The number of benzene rings is 1. The molecule has 4 heterocycles. The molecule has 3 aromatic rings. The van der Waals surface area contributed by atoms with E-state index in [0.29, 0.717) is 18.1 Å². The minimum Gasteiger partial charge on any atom is -0.382 e. The van der Waals surface area contributed by atoms with Crippen molar-refractivity contribution in [2.75, 3.05) is 36.4 Å². The molecule has 0 bridgehead atoms. The van der Waals surface area contributed by atoms with Gasteiger partial charge in [0.2, 0.25) is 0 Å². The van der Waals surface area contributed by atoms with Gasteiger partial charge >= 0.3 is 0 Å². The van der Waals surface area contributed by atoms with Crippen molar-refractivity contribution in [2.45, 2.75) is 51.4 Å². The van der Waals surface area contributed by atoms with Gasteiger partial charge in [0.1, 0.15) is 11.5 Å². The maximum atomic E-state index is 13.5. The van der Waals surface area contributed by atoms with Crippen LogP contribution in [0, 0.1) is 5.82 Å². The molecule has 2 aliphatic rings. The fourth-order valence-corrected chi connectivity index (χ4v) is 5.24. The van der Waals surface area contributed by atoms with Gasteiger partial charge in [0.15, 0.2) is 5.82 Å². The van der Waals surface area contributed by atoms with Crippen LogP contribution in [0.25, 0.3) is 5.69 Å². The van der Waals surface area contributed by atoms with E-state index in [-0.39, 0.29) is 5.82 Å². The third-order valence-corrected chi connectivity index (χ3v) is 6.67. The Morgan fingerprint density at radius 1 is 1.06 bits per heavy atom. The van der Waals surface area contributed by atoms with Crippen LogP contribution < -0.4 is 15.5 Å². The van der Waals surface area contributed by atoms with Crippen molar-refractivity contribution in [2.24, 2.45) is 0 Å². The minimum atomic E-state index is -0.208. The van der Waals surface area contributed by atoms with Crippen LogP contribution in [-0.4, -0.2) is 64.0 Å². The summed E-state index contributed by atoms with van der Waals surface area (Å²) in [6.45, 7) is 9.18. The van der Waals surface area contributed by atoms with Crippen molar-refractivity contribution in [3.63, 3.8) is 0 Å². The fourth-order valence-electron chi connectivity index (χ4n) is 5.24. The summed E-state index contributed by atoms with van der Waals surface area (Å²) in [7, 11) is 0. The van der Waals surface area contributed by atoms with E-state index < -0.39 is 0 Å². The van der Waals surface area contributed by atoms with Gasteiger partial charge in [0, 0.05) is 68.9 Å². The lowest BCUT2D eigenvalue weighted by molar-refractivity contribution is 0.165. The zero-order chi connectivity index (χ0) is 23.5. The number of anilines is 2. The number of piperazine rings is 1. The monoisotopic (exact) mass is 463 g/mol. The molecule has 34 heavy (non-hydrogen) atoms. The third kappa shape index (κ3) is 5.39. The molecular formula is C26H34FN7. The molecule has 0 aliphatic carbocycles. The first-order chi connectivity index (χ1) is 16.5. The van der Waals surface area contributed by atoms with Crippen LogP contribution in [0.4, 0.5) is 15.9 Å². The largest absolute Gasteiger partial charge is 0.382 e. The van der Waals surface area contributed by atoms with Crippen molar-refractivity contribution in [3.05, 3.63) is 66.4 Å². The summed E-state index contributed by atoms with van der Waals surface area (Å²) in [5, 5.41) is 12.0. The Labute approximate surface area is 201 Å². The Morgan fingerprint density at radius 2 is 1.85 bits per heavy atom. The molecule has 0 radical (unpaired) electrons. The predicted octanol–water partition coefficient (Wildman–Crippen LogP) is 3.67. The molecule has 2 N–H and O–H groups in total. The molecule has 180 valence electrons. The highest BCUT2D eigenvalue weighted by molar-refractivity contribution is 5.57. The molecule has 1 unspecified atom stereocenters. The molecule has 7 nitrogen and oxygen atoms in total. The zero-order valence-electron chi connectivity index (χ0n) is 20.0. The molecule has 0 spiro atoms. The van der Waals surface area contributed by atoms with E-state index in [1.54, 1.807) is 12.1 Å². The molecule has 8 heteroatoms. The summed E-state index contributed by atoms with van der Waals surface area (Å²) >= 11 is 0. The van der Waals surface area contributed by atoms with Crippen molar-refractivity contribution in [1.29, 1.82) is 0 Å². The number of pyridine rings is 1. The van der Waals surface area contributed by atoms with E-state index in [2.05, 4.69) is 46.4 Å². The SMILES string of the molecule is CC1CN(Cc2ccn(-c3cccnc3N3CCC(Nc4cccc(F)c4)CC3)n2)C[C@@H](C)N1. The average molecular weight is 464 g/mol. The molecule has 2 saturated heterocycles. The maximum Gasteiger partial charge on any atom is 0.154 e. The molecule has 2 fully saturated rings. The highest BCUT2D eigenvalue weighted by Crippen LogP contribution is 2.26. The summed E-state index contributed by atoms with van der Waals surface area (Å²) < 4.78 is 15.5. The van der Waals surface area contributed by atoms with Gasteiger partial charge in [0.05, 0.1) is 5.69 Å². The lowest BCUT2D eigenvalue weighted by atomic mass is 10.0. The highest BCUT2D eigenvalue weighted by atomic mass is 19.1. The molecule has 2 aromatic heterocycles. The Bertz CT molecular complexity index is 1080. The van der Waals surface area contributed by atoms with Crippen LogP contribution in [0.2, 0.25) is 0 Å². The number of hydrogen-bond acceptors (Lipinski definition) is 6. The van der Waals surface area contributed by atoms with Gasteiger partial charge in [-0.3, -0.25) is 4.90 Å². The first-order valence-corrected chi connectivity index (χ1v) is 12.3. The number of aromatic nitrogens is 3. The van der Waals surface area contributed by atoms with E-state index in [0.717, 1.165) is 68.5 Å². The first kappa shape index (κ1) is 22.8. The number of rotatable bonds is 6. The summed E-state index contributed by atoms with van der Waals surface area (Å²) in [5.74, 6) is 0.755. The molecule has 5 rings (SSSR count). The van der Waals surface area contributed by atoms with Crippen molar-refractivity contribution in [3.8, 4) is 5.69 Å². The van der Waals surface area contributed by atoms with Crippen LogP contribution in [-0.2, 0) is 6.54 Å². The van der Waals surface area contributed by atoms with E-state index >= 15 is 0 Å². The van der Waals surface area contributed by atoms with Crippen LogP contribution >= 0.6 is 0 Å². The van der Waals surface area contributed by atoms with E-state index in [9.17, 15) is 4.39 Å². The van der Waals surface area contributed by atoms with Crippen LogP contribution in [0.15, 0.2) is 54.9 Å². The van der Waals surface area contributed by atoms with E-state index in [1.165, 1.54) is 6.07 Å². The van der Waals surface area contributed by atoms with Gasteiger partial charge in [-0.25, -0.2) is 14.1 Å². The van der Waals surface area contributed by atoms with Crippen molar-refractivity contribution in [1.82, 2.24) is 25.0 Å². The Kier molecular flexibility index (Phi) is 6.78. The van der Waals surface area contributed by atoms with Gasteiger partial charge in [-0.2, -0.15) is 5.10 Å². The average Bonchev–Trinajstić information content (AvgIpc) is 3.27. The summed E-state index contributed by atoms with van der Waals surface area (Å²) in [6, 6.07) is 14.2. The summed E-state index contributed by atoms with van der Waals surface area (Å²) in [5.41, 5.74) is 2.93. The second-order valence-corrected chi connectivity index (χ2v) is 9.68. The smallest absolute Gasteiger partial charge is 0.154 e. The minimum absolute atomic E-state index is 0.208. The molecule has 2 atom stereocenters. The molecule has 1 aromatic carbocycles. The van der Waals surface area contributed by atoms with Gasteiger partial charge in [-0.05, 0) is 63.1 Å². The fraction of sp³-hybridized carbons (Fsp3) is 0.462. The normalized spacial score (nSPS) is 22.1. The predicted molar refractivity (Wildman–Crippen MR) is 134 cm³/mol. The quantitative estimate of drug-likeness (QED) is 0.582. The second kappa shape index (κ2) is 10.1. The Balaban J connectivity index is 1.24. The molecular weight excluding hydrogens is 429 g/mol. The Hall–Kier alpha value is -2.97. The summed E-state index contributed by atoms with van der Waals surface area (Å²) in [4.78, 5) is 9.53. The van der Waals surface area contributed by atoms with E-state index in [1.807, 2.05) is 29.2 Å². The standard InChI is InChI=1S/C26H34FN7/c1-19-16-32(17-20(2)29-19)18-24-10-14-34(31-24)25-7-4-11-28-26(25)33-12-8-22(9-13-33)30-23-6-3-5-21(27)15-23/h3-7,10-11,14-15,19-20,22,29-30H,8-9,12-13,16-18H2,1-2H3/t19-,20?/m1/s1. The molecule has 2 aliphatic heterocycles. The topological polar surface area (TPSA) is 61.3 Å². The number of hydrogen-bond donors (Lipinski definition) is 2. The Morgan fingerprint density at radius 3 is 2.62 bits per heavy atom. The van der Waals surface area contributed by atoms with Gasteiger partial charge in [-0.1, -0.05) is 6.07 Å². The first-order valence-electron chi connectivity index (χ1n) is 12.3. The van der Waals surface area contributed by atoms with Gasteiger partial charge in [0.25, 0.3) is 0 Å². The van der Waals surface area contributed by atoms with Crippen molar-refractivity contribution < 1.29 is 4.39 Å². The second-order valence-electron chi connectivity index (χ2n) is 9.68. The third-order valence-electron chi connectivity index (χ3n) is 6.67. The van der Waals surface area contributed by atoms with Crippen molar-refractivity contribution >= 4 is 11.5 Å².